The van der Waals surface area contributed by atoms with Gasteiger partial charge in [-0.05, 0) is 6.08 Å². The SMILES string of the molecule is O=C1N=CC(F)=CC1F. The molecule has 0 fully saturated rings. The number of nitrogens with zero attached hydrogens (tertiary/aromatic N) is 1. The number of halogens is 2. The van der Waals surface area contributed by atoms with Crippen molar-refractivity contribution in [1.82, 2.24) is 0 Å². The molecule has 1 amide bonds. The molecule has 0 aromatic heterocycles. The first-order chi connectivity index (χ1) is 4.20. The van der Waals surface area contributed by atoms with Crippen LogP contribution < -0.4 is 0 Å². The largest absolute Gasteiger partial charge is 0.284 e. The van der Waals surface area contributed by atoms with Gasteiger partial charge in [-0.15, -0.1) is 0 Å². The molecule has 1 atom stereocenters. The third-order valence-corrected chi connectivity index (χ3v) is 0.857. The first kappa shape index (κ1) is 6.07. The quantitative estimate of drug-likeness (QED) is 0.477. The van der Waals surface area contributed by atoms with Gasteiger partial charge in [0.1, 0.15) is 5.83 Å². The molecule has 0 saturated heterocycles. The molecule has 0 spiro atoms. The molecule has 0 aliphatic carbocycles. The molecule has 1 heterocycles. The summed E-state index contributed by atoms with van der Waals surface area (Å²) in [5.74, 6) is -1.75. The van der Waals surface area contributed by atoms with Crippen molar-refractivity contribution in [3.63, 3.8) is 0 Å². The van der Waals surface area contributed by atoms with Crippen molar-refractivity contribution < 1.29 is 13.6 Å². The van der Waals surface area contributed by atoms with Crippen LogP contribution in [0.5, 0.6) is 0 Å². The lowest BCUT2D eigenvalue weighted by atomic mass is 10.3. The van der Waals surface area contributed by atoms with E-state index in [0.717, 1.165) is 0 Å². The highest BCUT2D eigenvalue weighted by Gasteiger charge is 2.17. The van der Waals surface area contributed by atoms with Crippen molar-refractivity contribution in [3.8, 4) is 0 Å². The number of dihydropyridines is 1. The number of allylic oxidation sites excluding steroid dienone is 1. The molecule has 4 heteroatoms. The summed E-state index contributed by atoms with van der Waals surface area (Å²) in [5, 5.41) is 0. The molecular formula is C5H3F2NO. The van der Waals surface area contributed by atoms with Crippen molar-refractivity contribution in [3.05, 3.63) is 11.9 Å². The van der Waals surface area contributed by atoms with Gasteiger partial charge in [-0.1, -0.05) is 0 Å². The van der Waals surface area contributed by atoms with Crippen molar-refractivity contribution in [1.29, 1.82) is 0 Å². The van der Waals surface area contributed by atoms with Gasteiger partial charge >= 0.3 is 0 Å². The molecule has 0 radical (unpaired) electrons. The average Bonchev–Trinajstić information content (AvgIpc) is 1.80. The van der Waals surface area contributed by atoms with E-state index in [1.54, 1.807) is 0 Å². The van der Waals surface area contributed by atoms with Gasteiger partial charge in [0.2, 0.25) is 6.17 Å². The molecule has 0 saturated carbocycles. The number of aliphatic imine (C=N–C) groups is 1. The minimum absolute atomic E-state index is 0.579. The topological polar surface area (TPSA) is 29.4 Å². The van der Waals surface area contributed by atoms with E-state index < -0.39 is 17.9 Å². The summed E-state index contributed by atoms with van der Waals surface area (Å²) in [4.78, 5) is 13.1. The molecule has 0 aromatic carbocycles. The molecule has 9 heavy (non-hydrogen) atoms. The number of amides is 1. The van der Waals surface area contributed by atoms with E-state index in [2.05, 4.69) is 4.99 Å². The zero-order valence-electron chi connectivity index (χ0n) is 4.34. The van der Waals surface area contributed by atoms with Crippen LogP contribution in [0.2, 0.25) is 0 Å². The number of rotatable bonds is 0. The van der Waals surface area contributed by atoms with Crippen molar-refractivity contribution in [2.45, 2.75) is 6.17 Å². The van der Waals surface area contributed by atoms with E-state index in [1.807, 2.05) is 0 Å². The zero-order chi connectivity index (χ0) is 6.85. The Hall–Kier alpha value is -1.06. The Kier molecular flexibility index (Phi) is 1.38. The number of carbonyl (C=O) groups excluding carboxylic acids is 1. The number of alkyl halides is 1. The normalized spacial score (nSPS) is 26.2. The Morgan fingerprint density at radius 1 is 1.67 bits per heavy atom. The predicted molar refractivity (Wildman–Crippen MR) is 27.6 cm³/mol. The van der Waals surface area contributed by atoms with E-state index in [1.165, 1.54) is 0 Å². The Balaban J connectivity index is 2.82. The Labute approximate surface area is 49.9 Å². The summed E-state index contributed by atoms with van der Waals surface area (Å²) < 4.78 is 24.0. The van der Waals surface area contributed by atoms with Crippen LogP contribution in [0.4, 0.5) is 8.78 Å². The van der Waals surface area contributed by atoms with Crippen LogP contribution in [0, 0.1) is 0 Å². The first-order valence-electron chi connectivity index (χ1n) is 2.29. The highest BCUT2D eigenvalue weighted by Crippen LogP contribution is 2.06. The maximum Gasteiger partial charge on any atom is 0.284 e. The Bertz CT molecular complexity index is 197. The van der Waals surface area contributed by atoms with Gasteiger partial charge in [-0.3, -0.25) is 4.79 Å². The minimum atomic E-state index is -1.89. The average molecular weight is 131 g/mol. The van der Waals surface area contributed by atoms with Gasteiger partial charge < -0.3 is 0 Å². The molecular weight excluding hydrogens is 128 g/mol. The lowest BCUT2D eigenvalue weighted by molar-refractivity contribution is -0.121. The van der Waals surface area contributed by atoms with E-state index in [-0.39, 0.29) is 0 Å². The minimum Gasteiger partial charge on any atom is -0.269 e. The first-order valence-corrected chi connectivity index (χ1v) is 2.29. The Morgan fingerprint density at radius 3 is 2.78 bits per heavy atom. The van der Waals surface area contributed by atoms with Crippen LogP contribution in [-0.4, -0.2) is 18.3 Å². The third-order valence-electron chi connectivity index (χ3n) is 0.857. The third kappa shape index (κ3) is 1.19. The monoisotopic (exact) mass is 131 g/mol. The van der Waals surface area contributed by atoms with E-state index in [0.29, 0.717) is 12.3 Å². The molecule has 1 aliphatic heterocycles. The predicted octanol–water partition coefficient (Wildman–Crippen LogP) is 0.789. The molecule has 0 aromatic rings. The summed E-state index contributed by atoms with van der Waals surface area (Å²) >= 11 is 0. The van der Waals surface area contributed by atoms with Crippen molar-refractivity contribution in [2.75, 3.05) is 0 Å². The highest BCUT2D eigenvalue weighted by molar-refractivity contribution is 5.97. The van der Waals surface area contributed by atoms with E-state index in [9.17, 15) is 13.6 Å². The maximum absolute atomic E-state index is 12.0. The molecule has 2 nitrogen and oxygen atoms in total. The fourth-order valence-electron chi connectivity index (χ4n) is 0.451. The van der Waals surface area contributed by atoms with Crippen LogP contribution in [0.25, 0.3) is 0 Å². The second-order valence-corrected chi connectivity index (χ2v) is 1.55. The molecule has 48 valence electrons. The summed E-state index contributed by atoms with van der Waals surface area (Å²) in [5.41, 5.74) is 0. The molecule has 1 aliphatic rings. The summed E-state index contributed by atoms with van der Waals surface area (Å²) in [6.45, 7) is 0. The van der Waals surface area contributed by atoms with Crippen molar-refractivity contribution >= 4 is 12.1 Å². The fraction of sp³-hybridized carbons (Fsp3) is 0.200. The smallest absolute Gasteiger partial charge is 0.269 e. The van der Waals surface area contributed by atoms with Crippen LogP contribution >= 0.6 is 0 Å². The highest BCUT2D eigenvalue weighted by atomic mass is 19.1. The summed E-state index contributed by atoms with van der Waals surface area (Å²) in [6.07, 6.45) is -0.622. The Morgan fingerprint density at radius 2 is 2.33 bits per heavy atom. The molecule has 1 rings (SSSR count). The van der Waals surface area contributed by atoms with Crippen molar-refractivity contribution in [2.24, 2.45) is 4.99 Å². The number of hydrogen-bond donors (Lipinski definition) is 0. The second kappa shape index (κ2) is 2.05. The van der Waals surface area contributed by atoms with Gasteiger partial charge in [0.15, 0.2) is 0 Å². The van der Waals surface area contributed by atoms with Crippen LogP contribution in [-0.2, 0) is 4.79 Å². The standard InChI is InChI=1S/C5H3F2NO/c6-3-1-4(7)5(9)8-2-3/h1-2,4H. The van der Waals surface area contributed by atoms with Crippen LogP contribution in [0.3, 0.4) is 0 Å². The summed E-state index contributed by atoms with van der Waals surface area (Å²) in [6, 6.07) is 0. The zero-order valence-corrected chi connectivity index (χ0v) is 4.34. The number of hydrogen-bond acceptors (Lipinski definition) is 1. The molecule has 0 bridgehead atoms. The van der Waals surface area contributed by atoms with Gasteiger partial charge in [0.05, 0.1) is 6.21 Å². The number of carbonyl (C=O) groups is 1. The summed E-state index contributed by atoms with van der Waals surface area (Å²) in [7, 11) is 0. The van der Waals surface area contributed by atoms with Gasteiger partial charge in [0, 0.05) is 0 Å². The van der Waals surface area contributed by atoms with Gasteiger partial charge in [-0.25, -0.2) is 13.8 Å². The van der Waals surface area contributed by atoms with E-state index >= 15 is 0 Å². The van der Waals surface area contributed by atoms with Crippen LogP contribution in [0.15, 0.2) is 16.9 Å². The fourth-order valence-corrected chi connectivity index (χ4v) is 0.451. The van der Waals surface area contributed by atoms with Gasteiger partial charge in [0.25, 0.3) is 5.91 Å². The second-order valence-electron chi connectivity index (χ2n) is 1.55. The van der Waals surface area contributed by atoms with Gasteiger partial charge in [-0.2, -0.15) is 0 Å². The maximum atomic E-state index is 12.0. The lowest BCUT2D eigenvalue weighted by Gasteiger charge is -1.99. The molecule has 1 unspecified atom stereocenters. The lowest BCUT2D eigenvalue weighted by Crippen LogP contribution is -2.14. The van der Waals surface area contributed by atoms with E-state index in [4.69, 9.17) is 0 Å². The molecule has 0 N–H and O–H groups in total. The van der Waals surface area contributed by atoms with Crippen LogP contribution in [0.1, 0.15) is 0 Å².